The molecule has 0 bridgehead atoms. The van der Waals surface area contributed by atoms with Crippen molar-refractivity contribution in [2.45, 2.75) is 35.7 Å². The van der Waals surface area contributed by atoms with E-state index in [1.54, 1.807) is 24.8 Å². The third kappa shape index (κ3) is 3.84. The fourth-order valence-corrected chi connectivity index (χ4v) is 7.19. The van der Waals surface area contributed by atoms with Crippen molar-refractivity contribution in [3.05, 3.63) is 18.3 Å². The van der Waals surface area contributed by atoms with Crippen LogP contribution < -0.4 is 10.2 Å². The van der Waals surface area contributed by atoms with Gasteiger partial charge in [0.15, 0.2) is 0 Å². The second-order valence-electron chi connectivity index (χ2n) is 6.07. The molecule has 0 aromatic carbocycles. The third-order valence-electron chi connectivity index (χ3n) is 3.86. The van der Waals surface area contributed by atoms with E-state index in [4.69, 9.17) is 0 Å². The monoisotopic (exact) mass is 360 g/mol. The van der Waals surface area contributed by atoms with Crippen molar-refractivity contribution >= 4 is 25.6 Å². The summed E-state index contributed by atoms with van der Waals surface area (Å²) in [5.74, 6) is 0.647. The quantitative estimate of drug-likeness (QED) is 0.845. The van der Waals surface area contributed by atoms with Crippen molar-refractivity contribution < 1.29 is 12.6 Å². The Hall–Kier alpha value is -1.19. The van der Waals surface area contributed by atoms with Crippen molar-refractivity contribution in [3.8, 4) is 0 Å². The Labute approximate surface area is 138 Å². The fraction of sp³-hybridized carbons (Fsp3) is 0.643. The van der Waals surface area contributed by atoms with Crippen molar-refractivity contribution in [1.82, 2.24) is 10.3 Å². The number of hydrogen-bond donors (Lipinski definition) is 1. The third-order valence-corrected chi connectivity index (χ3v) is 9.12. The van der Waals surface area contributed by atoms with Gasteiger partial charge in [-0.2, -0.15) is 8.42 Å². The van der Waals surface area contributed by atoms with Crippen LogP contribution in [0.4, 0.5) is 5.82 Å². The van der Waals surface area contributed by atoms with Gasteiger partial charge in [0.05, 0.1) is 15.0 Å². The highest BCUT2D eigenvalue weighted by Gasteiger charge is 2.32. The summed E-state index contributed by atoms with van der Waals surface area (Å²) < 4.78 is 42.3. The van der Waals surface area contributed by atoms with Gasteiger partial charge in [-0.1, -0.05) is 13.8 Å². The molecule has 2 rings (SSSR count). The van der Waals surface area contributed by atoms with Crippen LogP contribution in [0, 0.1) is 0 Å². The predicted molar refractivity (Wildman–Crippen MR) is 92.7 cm³/mol. The highest BCUT2D eigenvalue weighted by Crippen LogP contribution is 2.23. The molecule has 7 nitrogen and oxygen atoms in total. The van der Waals surface area contributed by atoms with Gasteiger partial charge in [0, 0.05) is 32.1 Å². The number of sulfonamides is 1. The first-order valence-corrected chi connectivity index (χ1v) is 10.6. The van der Waals surface area contributed by atoms with Gasteiger partial charge in [0.2, 0.25) is 0 Å². The first-order chi connectivity index (χ1) is 10.7. The number of anilines is 1. The maximum absolute atomic E-state index is 13.2. The SMILES string of the molecule is CC(C)S(=O)(=NS(=O)(=O)c1ccc(N(C)C)nc1)C1CCNC1. The zero-order valence-electron chi connectivity index (χ0n) is 13.9. The van der Waals surface area contributed by atoms with Crippen molar-refractivity contribution in [2.24, 2.45) is 3.77 Å². The van der Waals surface area contributed by atoms with E-state index in [-0.39, 0.29) is 15.4 Å². The van der Waals surface area contributed by atoms with Crippen LogP contribution in [-0.4, -0.2) is 55.3 Å². The van der Waals surface area contributed by atoms with Crippen molar-refractivity contribution in [3.63, 3.8) is 0 Å². The van der Waals surface area contributed by atoms with Gasteiger partial charge in [-0.3, -0.25) is 0 Å². The maximum atomic E-state index is 13.2. The number of hydrogen-bond acceptors (Lipinski definition) is 6. The summed E-state index contributed by atoms with van der Waals surface area (Å²) in [5.41, 5.74) is 0. The Bertz CT molecular complexity index is 758. The molecule has 0 radical (unpaired) electrons. The molecule has 1 fully saturated rings. The smallest absolute Gasteiger partial charge is 0.291 e. The van der Waals surface area contributed by atoms with Crippen LogP contribution >= 0.6 is 0 Å². The molecule has 1 aromatic heterocycles. The molecule has 1 aromatic rings. The predicted octanol–water partition coefficient (Wildman–Crippen LogP) is 1.07. The second kappa shape index (κ2) is 6.74. The van der Waals surface area contributed by atoms with Crippen LogP contribution in [0.15, 0.2) is 27.0 Å². The van der Waals surface area contributed by atoms with Crippen molar-refractivity contribution in [2.75, 3.05) is 32.1 Å². The normalized spacial score (nSPS) is 21.2. The van der Waals surface area contributed by atoms with E-state index in [0.29, 0.717) is 18.8 Å². The first kappa shape index (κ1) is 18.2. The number of aromatic nitrogens is 1. The minimum absolute atomic E-state index is 0.0255. The minimum atomic E-state index is -4.00. The largest absolute Gasteiger partial charge is 0.363 e. The topological polar surface area (TPSA) is 91.7 Å². The van der Waals surface area contributed by atoms with E-state index in [2.05, 4.69) is 14.1 Å². The summed E-state index contributed by atoms with van der Waals surface area (Å²) in [7, 11) is -3.24. The molecule has 0 spiro atoms. The van der Waals surface area contributed by atoms with E-state index >= 15 is 0 Å². The van der Waals surface area contributed by atoms with Gasteiger partial charge in [0.25, 0.3) is 10.0 Å². The van der Waals surface area contributed by atoms with Crippen LogP contribution in [0.5, 0.6) is 0 Å². The lowest BCUT2D eigenvalue weighted by Crippen LogP contribution is -2.31. The molecule has 23 heavy (non-hydrogen) atoms. The van der Waals surface area contributed by atoms with E-state index in [1.807, 2.05) is 14.1 Å². The molecular formula is C14H24N4O3S2. The summed E-state index contributed by atoms with van der Waals surface area (Å²) in [6.45, 7) is 4.79. The van der Waals surface area contributed by atoms with Gasteiger partial charge >= 0.3 is 0 Å². The number of nitrogens with one attached hydrogen (secondary N) is 1. The molecule has 2 unspecified atom stereocenters. The molecular weight excluding hydrogens is 336 g/mol. The molecule has 2 heterocycles. The Morgan fingerprint density at radius 1 is 1.30 bits per heavy atom. The van der Waals surface area contributed by atoms with Crippen LogP contribution in [0.3, 0.4) is 0 Å². The molecule has 1 aliphatic heterocycles. The molecule has 0 aliphatic carbocycles. The fourth-order valence-electron chi connectivity index (χ4n) is 2.43. The molecule has 1 N–H and O–H groups in total. The van der Waals surface area contributed by atoms with Gasteiger partial charge in [-0.15, -0.1) is 3.77 Å². The molecule has 130 valence electrons. The highest BCUT2D eigenvalue weighted by molar-refractivity contribution is 8.04. The molecule has 0 amide bonds. The number of rotatable bonds is 5. The molecule has 2 atom stereocenters. The summed E-state index contributed by atoms with van der Waals surface area (Å²) >= 11 is 0. The standard InChI is InChI=1S/C14H24N4O3S2/c1-11(2)22(19,12-7-8-15-9-12)17-23(20,21)13-5-6-14(16-10-13)18(3)4/h5-6,10-12,15H,7-9H2,1-4H3. The maximum Gasteiger partial charge on any atom is 0.291 e. The Kier molecular flexibility index (Phi) is 5.32. The van der Waals surface area contributed by atoms with E-state index < -0.39 is 19.8 Å². The lowest BCUT2D eigenvalue weighted by molar-refractivity contribution is 0.597. The van der Waals surface area contributed by atoms with Gasteiger partial charge in [-0.25, -0.2) is 9.19 Å². The van der Waals surface area contributed by atoms with Gasteiger partial charge in [-0.05, 0) is 25.1 Å². The van der Waals surface area contributed by atoms with Crippen molar-refractivity contribution in [1.29, 1.82) is 0 Å². The van der Waals surface area contributed by atoms with E-state index in [0.717, 1.165) is 6.54 Å². The van der Waals surface area contributed by atoms with Crippen LogP contribution in [0.1, 0.15) is 20.3 Å². The minimum Gasteiger partial charge on any atom is -0.363 e. The zero-order chi connectivity index (χ0) is 17.3. The van der Waals surface area contributed by atoms with Gasteiger partial charge in [0.1, 0.15) is 10.7 Å². The highest BCUT2D eigenvalue weighted by atomic mass is 32.3. The van der Waals surface area contributed by atoms with E-state index in [9.17, 15) is 12.6 Å². The van der Waals surface area contributed by atoms with E-state index in [1.165, 1.54) is 12.3 Å². The molecule has 9 heteroatoms. The summed E-state index contributed by atoms with van der Waals surface area (Å²) in [6, 6.07) is 3.06. The van der Waals surface area contributed by atoms with Gasteiger partial charge < -0.3 is 10.2 Å². The first-order valence-electron chi connectivity index (χ1n) is 7.52. The zero-order valence-corrected chi connectivity index (χ0v) is 15.5. The average Bonchev–Trinajstić information content (AvgIpc) is 3.01. The van der Waals surface area contributed by atoms with Crippen LogP contribution in [0.2, 0.25) is 0 Å². The summed E-state index contributed by atoms with van der Waals surface area (Å²) in [4.78, 5) is 5.85. The lowest BCUT2D eigenvalue weighted by Gasteiger charge is -2.19. The second-order valence-corrected chi connectivity index (χ2v) is 10.9. The Balaban J connectivity index is 2.46. The molecule has 0 saturated carbocycles. The molecule has 1 saturated heterocycles. The summed E-state index contributed by atoms with van der Waals surface area (Å²) in [6.07, 6.45) is 1.94. The molecule has 1 aliphatic rings. The van der Waals surface area contributed by atoms with Crippen LogP contribution in [0.25, 0.3) is 0 Å². The summed E-state index contributed by atoms with van der Waals surface area (Å²) in [5, 5.41) is 2.55. The Morgan fingerprint density at radius 3 is 2.43 bits per heavy atom. The average molecular weight is 361 g/mol. The Morgan fingerprint density at radius 2 is 2.00 bits per heavy atom. The lowest BCUT2D eigenvalue weighted by atomic mass is 10.4. The number of pyridine rings is 1. The number of nitrogens with zero attached hydrogens (tertiary/aromatic N) is 3. The van der Waals surface area contributed by atoms with Crippen LogP contribution in [-0.2, 0) is 19.8 Å².